The monoisotopic (exact) mass is 368 g/mol. The molecule has 0 heterocycles. The van der Waals surface area contributed by atoms with Crippen molar-refractivity contribution in [3.05, 3.63) is 52.6 Å². The molecule has 0 spiro atoms. The van der Waals surface area contributed by atoms with Crippen molar-refractivity contribution in [2.45, 2.75) is 19.3 Å². The summed E-state index contributed by atoms with van der Waals surface area (Å²) < 4.78 is 21.8. The van der Waals surface area contributed by atoms with Gasteiger partial charge in [-0.05, 0) is 59.7 Å². The molecule has 27 heavy (non-hydrogen) atoms. The molecule has 0 aliphatic heterocycles. The molecule has 1 aliphatic carbocycles. The maximum Gasteiger partial charge on any atom is 0.203 e. The summed E-state index contributed by atoms with van der Waals surface area (Å²) >= 11 is 0. The van der Waals surface area contributed by atoms with Crippen molar-refractivity contribution < 1.29 is 23.7 Å². The third kappa shape index (κ3) is 3.37. The third-order valence-corrected chi connectivity index (χ3v) is 4.90. The van der Waals surface area contributed by atoms with Crippen LogP contribution in [0.2, 0.25) is 0 Å². The van der Waals surface area contributed by atoms with Crippen LogP contribution in [0.4, 0.5) is 0 Å². The highest BCUT2D eigenvalue weighted by atomic mass is 16.5. The van der Waals surface area contributed by atoms with Gasteiger partial charge in [-0.3, -0.25) is 4.79 Å². The van der Waals surface area contributed by atoms with Gasteiger partial charge >= 0.3 is 0 Å². The number of hydrogen-bond acceptors (Lipinski definition) is 5. The van der Waals surface area contributed by atoms with Crippen molar-refractivity contribution in [2.75, 3.05) is 28.4 Å². The van der Waals surface area contributed by atoms with E-state index in [2.05, 4.69) is 6.08 Å². The SMILES string of the molecule is COc1ccc2c(c1C=O)CCCC=C2c1cc(OC)c(OC)c(OC)c1. The van der Waals surface area contributed by atoms with Gasteiger partial charge in [0.15, 0.2) is 17.8 Å². The molecule has 5 nitrogen and oxygen atoms in total. The Hall–Kier alpha value is -2.95. The number of fused-ring (bicyclic) bond motifs is 1. The van der Waals surface area contributed by atoms with Crippen LogP contribution in [0, 0.1) is 0 Å². The largest absolute Gasteiger partial charge is 0.496 e. The van der Waals surface area contributed by atoms with Crippen molar-refractivity contribution in [3.8, 4) is 23.0 Å². The van der Waals surface area contributed by atoms with Crippen LogP contribution >= 0.6 is 0 Å². The lowest BCUT2D eigenvalue weighted by Gasteiger charge is -2.18. The fourth-order valence-corrected chi connectivity index (χ4v) is 3.62. The molecule has 0 saturated carbocycles. The summed E-state index contributed by atoms with van der Waals surface area (Å²) in [6.45, 7) is 0. The predicted molar refractivity (Wildman–Crippen MR) is 104 cm³/mol. The Kier molecular flexibility index (Phi) is 5.69. The molecule has 0 atom stereocenters. The number of carbonyl (C=O) groups is 1. The van der Waals surface area contributed by atoms with Gasteiger partial charge < -0.3 is 18.9 Å². The summed E-state index contributed by atoms with van der Waals surface area (Å²) in [5.41, 5.74) is 4.67. The Labute approximate surface area is 159 Å². The first-order chi connectivity index (χ1) is 13.2. The Morgan fingerprint density at radius 1 is 0.889 bits per heavy atom. The lowest BCUT2D eigenvalue weighted by atomic mass is 9.90. The first-order valence-corrected chi connectivity index (χ1v) is 8.84. The predicted octanol–water partition coefficient (Wildman–Crippen LogP) is 4.30. The maximum atomic E-state index is 11.7. The van der Waals surface area contributed by atoms with Crippen molar-refractivity contribution in [1.29, 1.82) is 0 Å². The molecule has 0 bridgehead atoms. The maximum absolute atomic E-state index is 11.7. The number of methoxy groups -OCH3 is 4. The van der Waals surface area contributed by atoms with Gasteiger partial charge in [0.05, 0.1) is 34.0 Å². The third-order valence-electron chi connectivity index (χ3n) is 4.90. The zero-order valence-electron chi connectivity index (χ0n) is 16.1. The molecule has 2 aromatic carbocycles. The second-order valence-corrected chi connectivity index (χ2v) is 6.25. The first kappa shape index (κ1) is 18.8. The Balaban J connectivity index is 2.22. The molecule has 0 unspecified atom stereocenters. The van der Waals surface area contributed by atoms with Gasteiger partial charge in [-0.1, -0.05) is 12.1 Å². The van der Waals surface area contributed by atoms with E-state index in [1.54, 1.807) is 28.4 Å². The van der Waals surface area contributed by atoms with E-state index in [0.717, 1.165) is 47.8 Å². The summed E-state index contributed by atoms with van der Waals surface area (Å²) in [5.74, 6) is 2.36. The standard InChI is InChI=1S/C22H24O5/c1-24-19-10-9-17-15(7-5-6-8-16(17)18(19)13-23)14-11-20(25-2)22(27-4)21(12-14)26-3/h7,9-13H,5-6,8H2,1-4H3. The fourth-order valence-electron chi connectivity index (χ4n) is 3.62. The number of ether oxygens (including phenoxy) is 4. The van der Waals surface area contributed by atoms with E-state index >= 15 is 0 Å². The van der Waals surface area contributed by atoms with Crippen LogP contribution in [-0.2, 0) is 6.42 Å². The minimum Gasteiger partial charge on any atom is -0.496 e. The van der Waals surface area contributed by atoms with E-state index < -0.39 is 0 Å². The molecular formula is C22H24O5. The van der Waals surface area contributed by atoms with Gasteiger partial charge in [0, 0.05) is 0 Å². The van der Waals surface area contributed by atoms with E-state index in [-0.39, 0.29) is 0 Å². The fraction of sp³-hybridized carbons (Fsp3) is 0.318. The molecule has 0 amide bonds. The van der Waals surface area contributed by atoms with Gasteiger partial charge in [-0.15, -0.1) is 0 Å². The highest BCUT2D eigenvalue weighted by Crippen LogP contribution is 2.43. The van der Waals surface area contributed by atoms with Crippen LogP contribution in [0.5, 0.6) is 23.0 Å². The normalized spacial score (nSPS) is 13.1. The Bertz CT molecular complexity index is 858. The zero-order valence-corrected chi connectivity index (χ0v) is 16.1. The zero-order chi connectivity index (χ0) is 19.4. The number of aldehydes is 1. The second kappa shape index (κ2) is 8.16. The number of carbonyl (C=O) groups excluding carboxylic acids is 1. The van der Waals surface area contributed by atoms with Crippen molar-refractivity contribution in [1.82, 2.24) is 0 Å². The smallest absolute Gasteiger partial charge is 0.203 e. The topological polar surface area (TPSA) is 54.0 Å². The van der Waals surface area contributed by atoms with Gasteiger partial charge in [-0.25, -0.2) is 0 Å². The lowest BCUT2D eigenvalue weighted by molar-refractivity contribution is 0.111. The average molecular weight is 368 g/mol. The minimum atomic E-state index is 0.557. The van der Waals surface area contributed by atoms with Gasteiger partial charge in [0.2, 0.25) is 5.75 Å². The number of allylic oxidation sites excluding steroid dienone is 1. The number of rotatable bonds is 6. The van der Waals surface area contributed by atoms with Crippen molar-refractivity contribution in [2.24, 2.45) is 0 Å². The van der Waals surface area contributed by atoms with Crippen LogP contribution in [0.15, 0.2) is 30.3 Å². The molecule has 0 saturated heterocycles. The van der Waals surface area contributed by atoms with Crippen molar-refractivity contribution in [3.63, 3.8) is 0 Å². The van der Waals surface area contributed by atoms with Crippen LogP contribution < -0.4 is 18.9 Å². The molecule has 142 valence electrons. The molecular weight excluding hydrogens is 344 g/mol. The second-order valence-electron chi connectivity index (χ2n) is 6.25. The van der Waals surface area contributed by atoms with Gasteiger partial charge in [-0.2, -0.15) is 0 Å². The Morgan fingerprint density at radius 3 is 2.11 bits per heavy atom. The summed E-state index contributed by atoms with van der Waals surface area (Å²) in [7, 11) is 6.38. The van der Waals surface area contributed by atoms with Crippen LogP contribution in [0.25, 0.3) is 5.57 Å². The van der Waals surface area contributed by atoms with Crippen LogP contribution in [-0.4, -0.2) is 34.7 Å². The van der Waals surface area contributed by atoms with E-state index in [9.17, 15) is 4.79 Å². The molecule has 0 aromatic heterocycles. The molecule has 3 rings (SSSR count). The number of hydrogen-bond donors (Lipinski definition) is 0. The average Bonchev–Trinajstić information content (AvgIpc) is 2.94. The summed E-state index contributed by atoms with van der Waals surface area (Å²) in [6, 6.07) is 7.74. The summed E-state index contributed by atoms with van der Waals surface area (Å²) in [4.78, 5) is 11.7. The Morgan fingerprint density at radius 2 is 1.56 bits per heavy atom. The van der Waals surface area contributed by atoms with E-state index in [4.69, 9.17) is 18.9 Å². The molecule has 0 radical (unpaired) electrons. The van der Waals surface area contributed by atoms with E-state index in [1.165, 1.54) is 0 Å². The van der Waals surface area contributed by atoms with Crippen molar-refractivity contribution >= 4 is 11.9 Å². The highest BCUT2D eigenvalue weighted by Gasteiger charge is 2.21. The highest BCUT2D eigenvalue weighted by molar-refractivity contribution is 5.90. The van der Waals surface area contributed by atoms with Crippen LogP contribution in [0.1, 0.15) is 39.9 Å². The number of benzene rings is 2. The molecule has 0 N–H and O–H groups in total. The molecule has 2 aromatic rings. The molecule has 0 fully saturated rings. The van der Waals surface area contributed by atoms with E-state index in [0.29, 0.717) is 28.6 Å². The van der Waals surface area contributed by atoms with Gasteiger partial charge in [0.25, 0.3) is 0 Å². The molecule has 1 aliphatic rings. The lowest BCUT2D eigenvalue weighted by Crippen LogP contribution is -2.03. The van der Waals surface area contributed by atoms with E-state index in [1.807, 2.05) is 24.3 Å². The summed E-state index contributed by atoms with van der Waals surface area (Å²) in [5, 5.41) is 0. The van der Waals surface area contributed by atoms with Crippen LogP contribution in [0.3, 0.4) is 0 Å². The van der Waals surface area contributed by atoms with Gasteiger partial charge in [0.1, 0.15) is 5.75 Å². The summed E-state index contributed by atoms with van der Waals surface area (Å²) in [6.07, 6.45) is 5.80. The first-order valence-electron chi connectivity index (χ1n) is 8.84. The quantitative estimate of drug-likeness (QED) is 0.712. The minimum absolute atomic E-state index is 0.557. The molecule has 5 heteroatoms.